The van der Waals surface area contributed by atoms with E-state index in [-0.39, 0.29) is 53.4 Å². The summed E-state index contributed by atoms with van der Waals surface area (Å²) in [4.78, 5) is 18.4. The van der Waals surface area contributed by atoms with E-state index >= 15 is 0 Å². The third-order valence-corrected chi connectivity index (χ3v) is 7.28. The second kappa shape index (κ2) is 8.14. The summed E-state index contributed by atoms with van der Waals surface area (Å²) < 4.78 is 26.6. The summed E-state index contributed by atoms with van der Waals surface area (Å²) in [7, 11) is -3.43. The first-order valence-electron chi connectivity index (χ1n) is 8.41. The van der Waals surface area contributed by atoms with Crippen molar-refractivity contribution in [2.75, 3.05) is 26.2 Å². The zero-order valence-electron chi connectivity index (χ0n) is 14.7. The molecule has 0 aliphatic carbocycles. The fourth-order valence-corrected chi connectivity index (χ4v) is 4.85. The smallest absolute Gasteiger partial charge is 0.257 e. The molecule has 1 amide bonds. The van der Waals surface area contributed by atoms with E-state index in [1.54, 1.807) is 24.0 Å². The predicted octanol–water partition coefficient (Wildman–Crippen LogP) is 2.98. The molecule has 6 nitrogen and oxygen atoms in total. The number of carbonyl (C=O) groups is 1. The minimum atomic E-state index is -3.43. The second-order valence-electron chi connectivity index (χ2n) is 6.32. The molecule has 0 unspecified atom stereocenters. The summed E-state index contributed by atoms with van der Waals surface area (Å²) in [6, 6.07) is 9.04. The van der Waals surface area contributed by atoms with Crippen LogP contribution < -0.4 is 0 Å². The Morgan fingerprint density at radius 3 is 2.33 bits per heavy atom. The molecule has 0 atom stereocenters. The highest BCUT2D eigenvalue weighted by atomic mass is 35.5. The number of hydrogen-bond acceptors (Lipinski definition) is 4. The highest BCUT2D eigenvalue weighted by Crippen LogP contribution is 2.28. The van der Waals surface area contributed by atoms with Gasteiger partial charge >= 0.3 is 0 Å². The first-order chi connectivity index (χ1) is 12.8. The van der Waals surface area contributed by atoms with Gasteiger partial charge in [-0.05, 0) is 12.5 Å². The van der Waals surface area contributed by atoms with Crippen molar-refractivity contribution in [2.45, 2.75) is 12.7 Å². The number of benzene rings is 1. The van der Waals surface area contributed by atoms with Crippen molar-refractivity contribution < 1.29 is 13.2 Å². The van der Waals surface area contributed by atoms with Gasteiger partial charge in [0.2, 0.25) is 10.0 Å². The molecule has 144 valence electrons. The summed E-state index contributed by atoms with van der Waals surface area (Å²) >= 11 is 12.3. The van der Waals surface area contributed by atoms with Gasteiger partial charge in [-0.3, -0.25) is 9.78 Å². The third-order valence-electron chi connectivity index (χ3n) is 4.48. The van der Waals surface area contributed by atoms with Gasteiger partial charge in [-0.25, -0.2) is 8.42 Å². The van der Waals surface area contributed by atoms with Crippen molar-refractivity contribution in [1.29, 1.82) is 0 Å². The van der Waals surface area contributed by atoms with Crippen LogP contribution in [0.4, 0.5) is 0 Å². The van der Waals surface area contributed by atoms with E-state index in [4.69, 9.17) is 23.2 Å². The first kappa shape index (κ1) is 20.1. The zero-order valence-corrected chi connectivity index (χ0v) is 17.1. The molecule has 3 rings (SSSR count). The van der Waals surface area contributed by atoms with Crippen LogP contribution in [0.15, 0.2) is 36.5 Å². The number of halogens is 2. The van der Waals surface area contributed by atoms with E-state index in [9.17, 15) is 13.2 Å². The minimum absolute atomic E-state index is 0.0505. The van der Waals surface area contributed by atoms with Crippen molar-refractivity contribution in [3.63, 3.8) is 0 Å². The van der Waals surface area contributed by atoms with Crippen molar-refractivity contribution in [3.05, 3.63) is 63.4 Å². The minimum Gasteiger partial charge on any atom is -0.336 e. The maximum atomic E-state index is 12.7. The van der Waals surface area contributed by atoms with Gasteiger partial charge in [-0.15, -0.1) is 0 Å². The lowest BCUT2D eigenvalue weighted by molar-refractivity contribution is 0.0697. The number of amides is 1. The van der Waals surface area contributed by atoms with Crippen molar-refractivity contribution in [3.8, 4) is 0 Å². The Bertz CT molecular complexity index is 944. The number of hydrogen-bond donors (Lipinski definition) is 0. The molecular formula is C18H19Cl2N3O3S. The lowest BCUT2D eigenvalue weighted by Crippen LogP contribution is -2.50. The Kier molecular flexibility index (Phi) is 6.05. The molecule has 9 heteroatoms. The fraction of sp³-hybridized carbons (Fsp3) is 0.333. The van der Waals surface area contributed by atoms with E-state index < -0.39 is 10.0 Å². The molecule has 1 aromatic heterocycles. The molecule has 0 radical (unpaired) electrons. The molecule has 2 heterocycles. The highest BCUT2D eigenvalue weighted by Gasteiger charge is 2.30. The maximum Gasteiger partial charge on any atom is 0.257 e. The Balaban J connectivity index is 1.66. The van der Waals surface area contributed by atoms with Crippen LogP contribution in [0.5, 0.6) is 0 Å². The van der Waals surface area contributed by atoms with Crippen LogP contribution in [-0.2, 0) is 15.8 Å². The Labute approximate surface area is 168 Å². The second-order valence-corrected chi connectivity index (χ2v) is 9.04. The summed E-state index contributed by atoms with van der Waals surface area (Å²) in [5.74, 6) is -0.347. The molecule has 1 aliphatic heterocycles. The van der Waals surface area contributed by atoms with E-state index in [0.29, 0.717) is 5.69 Å². The lowest BCUT2D eigenvalue weighted by atomic mass is 10.2. The van der Waals surface area contributed by atoms with Crippen molar-refractivity contribution in [2.24, 2.45) is 0 Å². The number of pyridine rings is 1. The topological polar surface area (TPSA) is 70.6 Å². The summed E-state index contributed by atoms with van der Waals surface area (Å²) in [5, 5.41) is 0.430. The Hall–Kier alpha value is -1.67. The third kappa shape index (κ3) is 4.43. The van der Waals surface area contributed by atoms with Crippen LogP contribution in [-0.4, -0.2) is 54.7 Å². The highest BCUT2D eigenvalue weighted by molar-refractivity contribution is 7.88. The molecule has 1 aromatic carbocycles. The number of aromatic nitrogens is 1. The van der Waals surface area contributed by atoms with E-state index in [0.717, 1.165) is 5.56 Å². The molecule has 0 bridgehead atoms. The molecule has 2 aromatic rings. The van der Waals surface area contributed by atoms with E-state index in [2.05, 4.69) is 4.98 Å². The van der Waals surface area contributed by atoms with Gasteiger partial charge in [-0.1, -0.05) is 53.5 Å². The number of nitrogens with zero attached hydrogens (tertiary/aromatic N) is 3. The zero-order chi connectivity index (χ0) is 19.6. The normalized spacial score (nSPS) is 15.7. The Morgan fingerprint density at radius 2 is 1.70 bits per heavy atom. The van der Waals surface area contributed by atoms with Gasteiger partial charge in [0.25, 0.3) is 5.91 Å². The summed E-state index contributed by atoms with van der Waals surface area (Å²) in [6.07, 6.45) is 1.41. The summed E-state index contributed by atoms with van der Waals surface area (Å²) in [5.41, 5.74) is 1.52. The average molecular weight is 428 g/mol. The molecule has 27 heavy (non-hydrogen) atoms. The van der Waals surface area contributed by atoms with Crippen LogP contribution in [0, 0.1) is 6.92 Å². The first-order valence-corrected chi connectivity index (χ1v) is 10.8. The standard InChI is InChI=1S/C18H19Cl2N3O3S/c1-13-16(19)17(20)15(11-21-13)18(24)22-7-9-23(10-8-22)27(25,26)12-14-5-3-2-4-6-14/h2-6,11H,7-10,12H2,1H3. The van der Waals surface area contributed by atoms with Gasteiger partial charge < -0.3 is 4.90 Å². The van der Waals surface area contributed by atoms with Crippen molar-refractivity contribution >= 4 is 39.1 Å². The molecule has 1 saturated heterocycles. The van der Waals surface area contributed by atoms with Gasteiger partial charge in [-0.2, -0.15) is 4.31 Å². The lowest BCUT2D eigenvalue weighted by Gasteiger charge is -2.34. The predicted molar refractivity (Wildman–Crippen MR) is 106 cm³/mol. The molecular weight excluding hydrogens is 409 g/mol. The molecule has 0 N–H and O–H groups in total. The molecule has 0 saturated carbocycles. The monoisotopic (exact) mass is 427 g/mol. The van der Waals surface area contributed by atoms with Crippen LogP contribution in [0.25, 0.3) is 0 Å². The van der Waals surface area contributed by atoms with Crippen LogP contribution in [0.2, 0.25) is 10.0 Å². The SMILES string of the molecule is Cc1ncc(C(=O)N2CCN(S(=O)(=O)Cc3ccccc3)CC2)c(Cl)c1Cl. The number of aryl methyl sites for hydroxylation is 1. The van der Waals surface area contributed by atoms with Gasteiger partial charge in [0.1, 0.15) is 0 Å². The van der Waals surface area contributed by atoms with E-state index in [1.807, 2.05) is 18.2 Å². The molecule has 1 aliphatic rings. The maximum absolute atomic E-state index is 12.7. The number of piperazine rings is 1. The average Bonchev–Trinajstić information content (AvgIpc) is 2.66. The van der Waals surface area contributed by atoms with Crippen molar-refractivity contribution in [1.82, 2.24) is 14.2 Å². The fourth-order valence-electron chi connectivity index (χ4n) is 2.92. The van der Waals surface area contributed by atoms with Gasteiger partial charge in [0.05, 0.1) is 27.1 Å². The number of rotatable bonds is 4. The van der Waals surface area contributed by atoms with Gasteiger partial charge in [0.15, 0.2) is 0 Å². The largest absolute Gasteiger partial charge is 0.336 e. The van der Waals surface area contributed by atoms with E-state index in [1.165, 1.54) is 10.5 Å². The number of carbonyl (C=O) groups excluding carboxylic acids is 1. The quantitative estimate of drug-likeness (QED) is 0.751. The van der Waals surface area contributed by atoms with Gasteiger partial charge in [0, 0.05) is 32.4 Å². The number of sulfonamides is 1. The summed E-state index contributed by atoms with van der Waals surface area (Å²) in [6.45, 7) is 2.76. The van der Waals surface area contributed by atoms with Crippen LogP contribution in [0.1, 0.15) is 21.6 Å². The molecule has 0 spiro atoms. The molecule has 1 fully saturated rings. The Morgan fingerprint density at radius 1 is 1.07 bits per heavy atom. The van der Waals surface area contributed by atoms with Crippen LogP contribution >= 0.6 is 23.2 Å². The van der Waals surface area contributed by atoms with Crippen LogP contribution in [0.3, 0.4) is 0 Å².